The first-order valence-electron chi connectivity index (χ1n) is 11.2. The fourth-order valence-electron chi connectivity index (χ4n) is 3.38. The van der Waals surface area contributed by atoms with E-state index in [1.54, 1.807) is 60.7 Å². The van der Waals surface area contributed by atoms with Gasteiger partial charge in [0.05, 0.1) is 24.8 Å². The molecule has 1 amide bonds. The molecule has 3 aromatic carbocycles. The van der Waals surface area contributed by atoms with Gasteiger partial charge in [-0.1, -0.05) is 41.9 Å². The average Bonchev–Trinajstić information content (AvgIpc) is 2.84. The molecular formula is C26H28ClN3O5S. The van der Waals surface area contributed by atoms with E-state index in [4.69, 9.17) is 21.1 Å². The van der Waals surface area contributed by atoms with Gasteiger partial charge in [-0.05, 0) is 67.4 Å². The lowest BCUT2D eigenvalue weighted by atomic mass is 10.2. The number of nitrogens with one attached hydrogen (secondary N) is 1. The van der Waals surface area contributed by atoms with E-state index in [0.717, 1.165) is 16.1 Å². The number of benzene rings is 3. The van der Waals surface area contributed by atoms with Gasteiger partial charge in [0.15, 0.2) is 11.5 Å². The fourth-order valence-corrected chi connectivity index (χ4v) is 4.68. The molecule has 0 fully saturated rings. The first-order chi connectivity index (χ1) is 17.2. The van der Waals surface area contributed by atoms with Crippen LogP contribution in [0, 0.1) is 0 Å². The Morgan fingerprint density at radius 2 is 1.75 bits per heavy atom. The summed E-state index contributed by atoms with van der Waals surface area (Å²) in [6, 6.07) is 20.0. The summed E-state index contributed by atoms with van der Waals surface area (Å²) in [5.74, 6) is 0.518. The highest BCUT2D eigenvalue weighted by atomic mass is 35.5. The van der Waals surface area contributed by atoms with Crippen LogP contribution in [-0.2, 0) is 21.4 Å². The topological polar surface area (TPSA) is 97.3 Å². The van der Waals surface area contributed by atoms with Crippen molar-refractivity contribution in [3.63, 3.8) is 0 Å². The van der Waals surface area contributed by atoms with E-state index in [1.165, 1.54) is 13.1 Å². The smallest absolute Gasteiger partial charge is 0.263 e. The molecule has 0 aliphatic carbocycles. The lowest BCUT2D eigenvalue weighted by molar-refractivity contribution is -0.121. The Balaban J connectivity index is 1.68. The number of carbonyl (C=O) groups is 1. The van der Waals surface area contributed by atoms with Crippen LogP contribution in [-0.4, -0.2) is 39.4 Å². The molecule has 0 heterocycles. The molecule has 0 unspecified atom stereocenters. The van der Waals surface area contributed by atoms with Gasteiger partial charge in [-0.3, -0.25) is 9.10 Å². The third-order valence-corrected chi connectivity index (χ3v) is 6.56. The summed E-state index contributed by atoms with van der Waals surface area (Å²) in [7, 11) is -3.70. The number of hydrazone groups is 1. The van der Waals surface area contributed by atoms with Crippen molar-refractivity contribution in [3.8, 4) is 11.5 Å². The molecule has 0 bridgehead atoms. The molecule has 1 N–H and O–H groups in total. The maximum absolute atomic E-state index is 12.7. The number of sulfonamides is 1. The number of para-hydroxylation sites is 1. The van der Waals surface area contributed by atoms with E-state index in [9.17, 15) is 13.2 Å². The van der Waals surface area contributed by atoms with Crippen LogP contribution in [0.25, 0.3) is 0 Å². The van der Waals surface area contributed by atoms with Gasteiger partial charge in [-0.25, -0.2) is 13.8 Å². The first-order valence-corrected chi connectivity index (χ1v) is 13.4. The Bertz CT molecular complexity index is 1300. The molecule has 3 aromatic rings. The molecule has 0 spiro atoms. The van der Waals surface area contributed by atoms with Crippen LogP contribution < -0.4 is 19.2 Å². The monoisotopic (exact) mass is 529 g/mol. The van der Waals surface area contributed by atoms with Crippen LogP contribution in [0.3, 0.4) is 0 Å². The van der Waals surface area contributed by atoms with Crippen LogP contribution in [0.5, 0.6) is 11.5 Å². The Kier molecular flexibility index (Phi) is 9.32. The number of ether oxygens (including phenoxy) is 2. The molecular weight excluding hydrogens is 502 g/mol. The molecule has 8 nitrogen and oxygen atoms in total. The number of carbonyl (C=O) groups excluding carboxylic acids is 1. The van der Waals surface area contributed by atoms with Crippen molar-refractivity contribution in [3.05, 3.63) is 88.9 Å². The maximum Gasteiger partial charge on any atom is 0.263 e. The molecule has 3 rings (SSSR count). The Labute approximate surface area is 216 Å². The van der Waals surface area contributed by atoms with Gasteiger partial charge in [0.25, 0.3) is 5.91 Å². The van der Waals surface area contributed by atoms with Crippen molar-refractivity contribution in [1.29, 1.82) is 0 Å². The number of hydrogen-bond donors (Lipinski definition) is 1. The summed E-state index contributed by atoms with van der Waals surface area (Å²) in [5, 5.41) is 4.65. The van der Waals surface area contributed by atoms with Gasteiger partial charge < -0.3 is 9.47 Å². The van der Waals surface area contributed by atoms with Crippen LogP contribution in [0.4, 0.5) is 5.69 Å². The Morgan fingerprint density at radius 3 is 2.39 bits per heavy atom. The van der Waals surface area contributed by atoms with Gasteiger partial charge in [0.2, 0.25) is 10.0 Å². The van der Waals surface area contributed by atoms with Gasteiger partial charge in [-0.15, -0.1) is 0 Å². The molecule has 1 atom stereocenters. The van der Waals surface area contributed by atoms with Crippen LogP contribution in [0.2, 0.25) is 5.02 Å². The quantitative estimate of drug-likeness (QED) is 0.289. The van der Waals surface area contributed by atoms with Gasteiger partial charge in [-0.2, -0.15) is 5.10 Å². The number of halogens is 1. The first kappa shape index (κ1) is 27.0. The van der Waals surface area contributed by atoms with E-state index in [1.807, 2.05) is 19.1 Å². The summed E-state index contributed by atoms with van der Waals surface area (Å²) >= 11 is 5.93. The Morgan fingerprint density at radius 1 is 1.06 bits per heavy atom. The van der Waals surface area contributed by atoms with E-state index in [-0.39, 0.29) is 0 Å². The van der Waals surface area contributed by atoms with Crippen LogP contribution in [0.15, 0.2) is 77.9 Å². The highest BCUT2D eigenvalue weighted by Crippen LogP contribution is 2.29. The molecule has 10 heteroatoms. The van der Waals surface area contributed by atoms with Gasteiger partial charge in [0, 0.05) is 5.02 Å². The van der Waals surface area contributed by atoms with Gasteiger partial charge in [0.1, 0.15) is 12.6 Å². The summed E-state index contributed by atoms with van der Waals surface area (Å²) in [5.41, 5.74) is 4.42. The average molecular weight is 530 g/mol. The number of anilines is 1. The molecule has 0 aliphatic heterocycles. The summed E-state index contributed by atoms with van der Waals surface area (Å²) in [6.45, 7) is 4.15. The number of amides is 1. The zero-order valence-corrected chi connectivity index (χ0v) is 21.8. The largest absolute Gasteiger partial charge is 0.490 e. The van der Waals surface area contributed by atoms with E-state index >= 15 is 0 Å². The standard InChI is InChI=1S/C26H28ClN3O5S/c1-4-34-25-16-21(12-15-24(25)35-18-20-10-13-22(27)14-11-20)17-28-29-26(31)19(2)30(36(3,32)33)23-8-6-5-7-9-23/h5-17,19H,4,18H2,1-3H3,(H,29,31)/b28-17-/t19-/m0/s1. The molecule has 0 saturated carbocycles. The number of nitrogens with zero attached hydrogens (tertiary/aromatic N) is 2. The lowest BCUT2D eigenvalue weighted by Crippen LogP contribution is -2.46. The third kappa shape index (κ3) is 7.47. The lowest BCUT2D eigenvalue weighted by Gasteiger charge is -2.27. The zero-order chi connectivity index (χ0) is 26.1. The second kappa shape index (κ2) is 12.4. The Hall–Kier alpha value is -3.56. The van der Waals surface area contributed by atoms with Crippen LogP contribution >= 0.6 is 11.6 Å². The summed E-state index contributed by atoms with van der Waals surface area (Å²) < 4.78 is 37.3. The molecule has 0 radical (unpaired) electrons. The van der Waals surface area contributed by atoms with Crippen molar-refractivity contribution in [2.24, 2.45) is 5.10 Å². The normalized spacial score (nSPS) is 12.2. The predicted octanol–water partition coefficient (Wildman–Crippen LogP) is 4.62. The second-order valence-corrected chi connectivity index (χ2v) is 10.2. The summed E-state index contributed by atoms with van der Waals surface area (Å²) in [6.07, 6.45) is 2.50. The minimum atomic E-state index is -3.70. The predicted molar refractivity (Wildman–Crippen MR) is 142 cm³/mol. The van der Waals surface area contributed by atoms with Crippen LogP contribution in [0.1, 0.15) is 25.0 Å². The minimum absolute atomic E-state index is 0.344. The van der Waals surface area contributed by atoms with Crippen molar-refractivity contribution in [2.45, 2.75) is 26.5 Å². The zero-order valence-electron chi connectivity index (χ0n) is 20.2. The SMILES string of the molecule is CCOc1cc(/C=N\NC(=O)[C@H](C)N(c2ccccc2)S(C)(=O)=O)ccc1OCc1ccc(Cl)cc1. The van der Waals surface area contributed by atoms with Crippen molar-refractivity contribution >= 4 is 39.4 Å². The van der Waals surface area contributed by atoms with E-state index in [2.05, 4.69) is 10.5 Å². The van der Waals surface area contributed by atoms with Gasteiger partial charge >= 0.3 is 0 Å². The van der Waals surface area contributed by atoms with Crippen molar-refractivity contribution in [2.75, 3.05) is 17.2 Å². The summed E-state index contributed by atoms with van der Waals surface area (Å²) in [4.78, 5) is 12.7. The molecule has 0 aliphatic rings. The minimum Gasteiger partial charge on any atom is -0.490 e. The highest BCUT2D eigenvalue weighted by Gasteiger charge is 2.28. The van der Waals surface area contributed by atoms with Crippen molar-refractivity contribution in [1.82, 2.24) is 5.43 Å². The maximum atomic E-state index is 12.7. The molecule has 190 valence electrons. The molecule has 0 saturated heterocycles. The van der Waals surface area contributed by atoms with E-state index < -0.39 is 22.0 Å². The third-order valence-electron chi connectivity index (χ3n) is 5.06. The highest BCUT2D eigenvalue weighted by molar-refractivity contribution is 7.92. The number of hydrogen-bond acceptors (Lipinski definition) is 6. The molecule has 0 aromatic heterocycles. The molecule has 36 heavy (non-hydrogen) atoms. The van der Waals surface area contributed by atoms with E-state index in [0.29, 0.717) is 41.0 Å². The fraction of sp³-hybridized carbons (Fsp3) is 0.231. The second-order valence-electron chi connectivity index (χ2n) is 7.86. The van der Waals surface area contributed by atoms with Crippen molar-refractivity contribution < 1.29 is 22.7 Å². The number of rotatable bonds is 11.